The van der Waals surface area contributed by atoms with Crippen LogP contribution in [-0.2, 0) is 9.47 Å². The van der Waals surface area contributed by atoms with Crippen molar-refractivity contribution in [3.05, 3.63) is 125 Å². The fourth-order valence-corrected chi connectivity index (χ4v) is 6.01. The van der Waals surface area contributed by atoms with E-state index < -0.39 is 12.3 Å². The molecule has 4 rings (SSSR count). The molecule has 0 aliphatic rings. The fraction of sp³-hybridized carbons (Fsp3) is 0.333. The Morgan fingerprint density at radius 1 is 0.540 bits per heavy atom. The van der Waals surface area contributed by atoms with Gasteiger partial charge in [-0.3, -0.25) is 0 Å². The van der Waals surface area contributed by atoms with E-state index in [2.05, 4.69) is 92.1 Å². The number of rotatable bonds is 16. The molecule has 0 saturated heterocycles. The minimum Gasteiger partial charge on any atom is -0.434 e. The molecule has 4 aromatic carbocycles. The summed E-state index contributed by atoms with van der Waals surface area (Å²) in [6.07, 6.45) is 1.50. The van der Waals surface area contributed by atoms with Gasteiger partial charge >= 0.3 is 12.3 Å². The van der Waals surface area contributed by atoms with Gasteiger partial charge in [-0.05, 0) is 124 Å². The first-order chi connectivity index (χ1) is 24.3. The van der Waals surface area contributed by atoms with E-state index >= 15 is 0 Å². The number of anilines is 2. The summed E-state index contributed by atoms with van der Waals surface area (Å²) >= 11 is 0. The van der Waals surface area contributed by atoms with Gasteiger partial charge in [-0.1, -0.05) is 54.6 Å². The summed E-state index contributed by atoms with van der Waals surface area (Å²) in [5, 5.41) is 0. The Labute approximate surface area is 297 Å². The summed E-state index contributed by atoms with van der Waals surface area (Å²) in [5.74, 6) is 0.743. The first-order valence-corrected chi connectivity index (χ1v) is 17.6. The quantitative estimate of drug-likeness (QED) is 0.0856. The Kier molecular flexibility index (Phi) is 14.3. The minimum absolute atomic E-state index is 0.0665. The fourth-order valence-electron chi connectivity index (χ4n) is 6.01. The molecule has 0 unspecified atom stereocenters. The zero-order valence-corrected chi connectivity index (χ0v) is 30.2. The van der Waals surface area contributed by atoms with Crippen LogP contribution < -0.4 is 19.3 Å². The third-order valence-electron chi connectivity index (χ3n) is 8.66. The van der Waals surface area contributed by atoms with E-state index in [0.717, 1.165) is 54.0 Å². The van der Waals surface area contributed by atoms with Gasteiger partial charge in [0.15, 0.2) is 0 Å². The number of nitrogens with zero attached hydrogens (tertiary/aromatic N) is 2. The van der Waals surface area contributed by atoms with Gasteiger partial charge in [0.1, 0.15) is 11.5 Å². The van der Waals surface area contributed by atoms with Crippen molar-refractivity contribution < 1.29 is 28.5 Å². The zero-order valence-electron chi connectivity index (χ0n) is 30.2. The van der Waals surface area contributed by atoms with Crippen molar-refractivity contribution in [2.24, 2.45) is 0 Å². The molecule has 0 radical (unpaired) electrons. The molecule has 0 aromatic heterocycles. The number of benzene rings is 4. The summed E-state index contributed by atoms with van der Waals surface area (Å²) in [6, 6.07) is 32.6. The van der Waals surface area contributed by atoms with E-state index in [1.165, 1.54) is 11.4 Å². The van der Waals surface area contributed by atoms with E-state index in [-0.39, 0.29) is 19.1 Å². The second-order valence-electron chi connectivity index (χ2n) is 11.6. The molecule has 8 nitrogen and oxygen atoms in total. The lowest BCUT2D eigenvalue weighted by molar-refractivity contribution is 0.103. The molecule has 8 heteroatoms. The molecule has 0 fully saturated rings. The van der Waals surface area contributed by atoms with Gasteiger partial charge in [-0.2, -0.15) is 0 Å². The third kappa shape index (κ3) is 10.1. The average molecular weight is 679 g/mol. The first-order valence-electron chi connectivity index (χ1n) is 17.6. The van der Waals surface area contributed by atoms with Crippen molar-refractivity contribution in [1.82, 2.24) is 0 Å². The van der Waals surface area contributed by atoms with Gasteiger partial charge in [0.05, 0.1) is 13.2 Å². The highest BCUT2D eigenvalue weighted by atomic mass is 16.7. The molecule has 0 atom stereocenters. The molecule has 0 saturated carbocycles. The van der Waals surface area contributed by atoms with Crippen molar-refractivity contribution in [2.45, 2.75) is 53.9 Å². The molecule has 0 amide bonds. The minimum atomic E-state index is -0.736. The number of carbonyl (C=O) groups is 2. The van der Waals surface area contributed by atoms with Crippen LogP contribution in [0.25, 0.3) is 5.57 Å². The summed E-state index contributed by atoms with van der Waals surface area (Å²) in [4.78, 5) is 28.5. The Bertz CT molecular complexity index is 1540. The van der Waals surface area contributed by atoms with E-state index in [9.17, 15) is 9.59 Å². The van der Waals surface area contributed by atoms with Crippen LogP contribution in [0.15, 0.2) is 103 Å². The normalized spacial score (nSPS) is 10.7. The number of ether oxygens (including phenoxy) is 4. The van der Waals surface area contributed by atoms with Crippen molar-refractivity contribution in [2.75, 3.05) is 49.2 Å². The molecule has 0 aliphatic heterocycles. The summed E-state index contributed by atoms with van der Waals surface area (Å²) in [5.41, 5.74) is 7.86. The van der Waals surface area contributed by atoms with Gasteiger partial charge in [0, 0.05) is 43.5 Å². The Hall–Kier alpha value is -5.24. The molecule has 0 heterocycles. The van der Waals surface area contributed by atoms with Crippen molar-refractivity contribution in [1.29, 1.82) is 0 Å². The molecule has 4 aromatic rings. The van der Waals surface area contributed by atoms with Crippen LogP contribution in [0.3, 0.4) is 0 Å². The highest BCUT2D eigenvalue weighted by molar-refractivity contribution is 5.81. The second kappa shape index (κ2) is 19.1. The van der Waals surface area contributed by atoms with Crippen molar-refractivity contribution in [3.63, 3.8) is 0 Å². The highest BCUT2D eigenvalue weighted by Crippen LogP contribution is 2.35. The number of allylic oxidation sites excluding steroid dienone is 1. The predicted octanol–water partition coefficient (Wildman–Crippen LogP) is 10.1. The van der Waals surface area contributed by atoms with Crippen LogP contribution in [0.5, 0.6) is 11.5 Å². The van der Waals surface area contributed by atoms with E-state index in [4.69, 9.17) is 18.9 Å². The highest BCUT2D eigenvalue weighted by Gasteiger charge is 2.17. The number of carbonyl (C=O) groups excluding carboxylic acids is 2. The Morgan fingerprint density at radius 3 is 1.22 bits per heavy atom. The zero-order chi connectivity index (χ0) is 35.9. The van der Waals surface area contributed by atoms with Gasteiger partial charge < -0.3 is 28.7 Å². The molecule has 0 aliphatic carbocycles. The van der Waals surface area contributed by atoms with Crippen LogP contribution >= 0.6 is 0 Å². The molecular weight excluding hydrogens is 628 g/mol. The lowest BCUT2D eigenvalue weighted by atomic mass is 9.86. The van der Waals surface area contributed by atoms with E-state index in [0.29, 0.717) is 17.9 Å². The predicted molar refractivity (Wildman–Crippen MR) is 202 cm³/mol. The van der Waals surface area contributed by atoms with Crippen molar-refractivity contribution >= 4 is 29.3 Å². The monoisotopic (exact) mass is 678 g/mol. The van der Waals surface area contributed by atoms with Gasteiger partial charge in [-0.25, -0.2) is 9.59 Å². The molecule has 264 valence electrons. The summed E-state index contributed by atoms with van der Waals surface area (Å²) in [6.45, 7) is 16.4. The van der Waals surface area contributed by atoms with Crippen LogP contribution in [0, 0.1) is 0 Å². The van der Waals surface area contributed by atoms with Gasteiger partial charge in [0.2, 0.25) is 0 Å². The average Bonchev–Trinajstić information content (AvgIpc) is 3.13. The molecule has 0 spiro atoms. The number of hydrogen-bond acceptors (Lipinski definition) is 8. The van der Waals surface area contributed by atoms with E-state index in [1.54, 1.807) is 38.1 Å². The third-order valence-corrected chi connectivity index (χ3v) is 8.66. The maximum Gasteiger partial charge on any atom is 0.513 e. The van der Waals surface area contributed by atoms with Crippen molar-refractivity contribution in [3.8, 4) is 11.5 Å². The standard InChI is InChI=1S/C42H50N2O6/c1-7-43(8-2)35-21-13-31(14-22-35)39(32-15-23-36(24-16-32)44(9-3)10-4)29-30-40(33-17-25-37(26-18-33)49-41(45)47-11-5)34-19-27-38(28-20-34)50-42(46)48-12-6/h13-29,40H,7-12,30H2,1-6H3. The SMILES string of the molecule is CCOC(=O)Oc1ccc(C(CC=C(c2ccc(N(CC)CC)cc2)c2ccc(N(CC)CC)cc2)c2ccc(OC(=O)OCC)cc2)cc1. The van der Waals surface area contributed by atoms with Crippen LogP contribution in [-0.4, -0.2) is 51.7 Å². The van der Waals surface area contributed by atoms with Crippen LogP contribution in [0.1, 0.15) is 76.1 Å². The molecular formula is C42H50N2O6. The van der Waals surface area contributed by atoms with Crippen LogP contribution in [0.4, 0.5) is 21.0 Å². The first kappa shape index (κ1) is 37.6. The topological polar surface area (TPSA) is 77.5 Å². The molecule has 50 heavy (non-hydrogen) atoms. The summed E-state index contributed by atoms with van der Waals surface area (Å²) in [7, 11) is 0. The molecule has 0 bridgehead atoms. The summed E-state index contributed by atoms with van der Waals surface area (Å²) < 4.78 is 20.5. The molecule has 0 N–H and O–H groups in total. The Morgan fingerprint density at radius 2 is 0.900 bits per heavy atom. The second-order valence-corrected chi connectivity index (χ2v) is 11.6. The smallest absolute Gasteiger partial charge is 0.434 e. The van der Waals surface area contributed by atoms with Gasteiger partial charge in [-0.15, -0.1) is 0 Å². The number of hydrogen-bond donors (Lipinski definition) is 0. The maximum atomic E-state index is 11.9. The Balaban J connectivity index is 1.75. The van der Waals surface area contributed by atoms with Gasteiger partial charge in [0.25, 0.3) is 0 Å². The largest absolute Gasteiger partial charge is 0.513 e. The lowest BCUT2D eigenvalue weighted by Gasteiger charge is -2.23. The van der Waals surface area contributed by atoms with E-state index in [1.807, 2.05) is 24.3 Å². The van der Waals surface area contributed by atoms with Crippen LogP contribution in [0.2, 0.25) is 0 Å². The lowest BCUT2D eigenvalue weighted by Crippen LogP contribution is -2.21. The maximum absolute atomic E-state index is 11.9.